The lowest BCUT2D eigenvalue weighted by molar-refractivity contribution is -0.141. The maximum Gasteiger partial charge on any atom is 0.335 e. The summed E-state index contributed by atoms with van der Waals surface area (Å²) in [7, 11) is 0. The van der Waals surface area contributed by atoms with E-state index in [0.29, 0.717) is 11.1 Å². The maximum absolute atomic E-state index is 13.8. The van der Waals surface area contributed by atoms with Gasteiger partial charge in [-0.05, 0) is 36.4 Å². The van der Waals surface area contributed by atoms with Crippen molar-refractivity contribution >= 4 is 11.9 Å². The van der Waals surface area contributed by atoms with Gasteiger partial charge in [0.15, 0.2) is 12.3 Å². The Morgan fingerprint density at radius 3 is 2.37 bits per heavy atom. The van der Waals surface area contributed by atoms with Crippen molar-refractivity contribution in [2.24, 2.45) is 0 Å². The summed E-state index contributed by atoms with van der Waals surface area (Å²) in [5, 5.41) is 18.0. The van der Waals surface area contributed by atoms with Crippen molar-refractivity contribution in [3.8, 4) is 17.6 Å². The molecule has 3 rings (SSSR count). The topological polar surface area (TPSA) is 120 Å². The number of hydrogen-bond acceptors (Lipinski definition) is 6. The molecule has 5 N–H and O–H groups in total. The molecule has 0 amide bonds. The lowest BCUT2D eigenvalue weighted by Gasteiger charge is -2.16. The third-order valence-corrected chi connectivity index (χ3v) is 3.63. The van der Waals surface area contributed by atoms with Crippen LogP contribution in [0.25, 0.3) is 0 Å². The van der Waals surface area contributed by atoms with Crippen LogP contribution in [0.4, 0.5) is 4.39 Å². The number of aliphatic carboxylic acids is 1. The van der Waals surface area contributed by atoms with E-state index in [-0.39, 0.29) is 11.3 Å². The van der Waals surface area contributed by atoms with E-state index in [4.69, 9.17) is 14.9 Å². The van der Waals surface area contributed by atoms with E-state index in [1.165, 1.54) is 24.3 Å². The Morgan fingerprint density at radius 2 is 1.70 bits per heavy atom. The molecule has 0 aromatic heterocycles. The first-order valence-corrected chi connectivity index (χ1v) is 7.74. The fraction of sp³-hybridized carbons (Fsp3) is 0.111. The molecule has 0 bridgehead atoms. The van der Waals surface area contributed by atoms with Crippen LogP contribution < -0.4 is 21.1 Å². The number of nitrogens with one attached hydrogen (secondary N) is 3. The summed E-state index contributed by atoms with van der Waals surface area (Å²) >= 11 is 0. The fourth-order valence-corrected chi connectivity index (χ4v) is 2.33. The van der Waals surface area contributed by atoms with E-state index >= 15 is 0 Å². The van der Waals surface area contributed by atoms with Gasteiger partial charge in [0.1, 0.15) is 11.6 Å². The van der Waals surface area contributed by atoms with Gasteiger partial charge < -0.3 is 14.9 Å². The van der Waals surface area contributed by atoms with Gasteiger partial charge in [0.2, 0.25) is 0 Å². The smallest absolute Gasteiger partial charge is 0.335 e. The third kappa shape index (κ3) is 4.59. The molecule has 8 nitrogen and oxygen atoms in total. The number of carboxylic acid groups (broad SMARTS) is 2. The van der Waals surface area contributed by atoms with Crippen LogP contribution in [0.2, 0.25) is 0 Å². The second kappa shape index (κ2) is 7.84. The highest BCUT2D eigenvalue weighted by Gasteiger charge is 2.34. The Morgan fingerprint density at radius 1 is 1.00 bits per heavy atom. The van der Waals surface area contributed by atoms with Gasteiger partial charge in [-0.2, -0.15) is 5.53 Å². The summed E-state index contributed by atoms with van der Waals surface area (Å²) in [5.74, 6) is 2.90. The molecule has 0 aliphatic carbocycles. The largest absolute Gasteiger partial charge is 0.480 e. The molecule has 1 fully saturated rings. The highest BCUT2D eigenvalue weighted by Crippen LogP contribution is 2.18. The molecule has 0 radical (unpaired) electrons. The van der Waals surface area contributed by atoms with Crippen LogP contribution >= 0.6 is 0 Å². The fourth-order valence-electron chi connectivity index (χ4n) is 2.33. The molecule has 1 aliphatic heterocycles. The zero-order valence-electron chi connectivity index (χ0n) is 13.7. The molecule has 1 aliphatic rings. The number of aromatic carboxylic acids is 1. The number of carbonyl (C=O) groups is 2. The Kier molecular flexibility index (Phi) is 5.33. The van der Waals surface area contributed by atoms with Crippen LogP contribution in [0.1, 0.15) is 21.5 Å². The number of ether oxygens (including phenoxy) is 1. The predicted octanol–water partition coefficient (Wildman–Crippen LogP) is 0.694. The van der Waals surface area contributed by atoms with Crippen LogP contribution in [0.15, 0.2) is 42.5 Å². The number of benzene rings is 2. The third-order valence-electron chi connectivity index (χ3n) is 3.63. The normalized spacial score (nSPS) is 18.4. The molecule has 27 heavy (non-hydrogen) atoms. The van der Waals surface area contributed by atoms with Crippen LogP contribution in [0.5, 0.6) is 5.75 Å². The minimum Gasteiger partial charge on any atom is -0.480 e. The monoisotopic (exact) mass is 371 g/mol. The van der Waals surface area contributed by atoms with E-state index in [9.17, 15) is 14.0 Å². The first-order chi connectivity index (χ1) is 12.9. The van der Waals surface area contributed by atoms with Crippen LogP contribution in [0.3, 0.4) is 0 Å². The SMILES string of the molecule is O=C(O)c1ccc(C#Cc2cc(F)cc(OC3NNNC3C(=O)O)c2)cc1. The van der Waals surface area contributed by atoms with Gasteiger partial charge in [0.25, 0.3) is 0 Å². The minimum absolute atomic E-state index is 0.106. The Bertz CT molecular complexity index is 936. The number of hydrazine groups is 2. The van der Waals surface area contributed by atoms with Crippen molar-refractivity contribution < 1.29 is 28.9 Å². The Balaban J connectivity index is 1.78. The van der Waals surface area contributed by atoms with Gasteiger partial charge in [0.05, 0.1) is 5.56 Å². The van der Waals surface area contributed by atoms with Gasteiger partial charge >= 0.3 is 11.9 Å². The average molecular weight is 371 g/mol. The molecular formula is C18H14FN3O5. The van der Waals surface area contributed by atoms with Crippen LogP contribution in [0, 0.1) is 17.7 Å². The summed E-state index contributed by atoms with van der Waals surface area (Å²) in [4.78, 5) is 21.9. The molecule has 2 aromatic carbocycles. The quantitative estimate of drug-likeness (QED) is 0.498. The summed E-state index contributed by atoms with van der Waals surface area (Å²) in [6, 6.07) is 8.67. The van der Waals surface area contributed by atoms with Crippen molar-refractivity contribution in [3.63, 3.8) is 0 Å². The standard InChI is InChI=1S/C18H14FN3O5/c19-13-7-11(2-1-10-3-5-12(6-4-10)17(23)24)8-14(9-13)27-16-15(18(25)26)20-22-21-16/h3-9,15-16,20-22H,(H,23,24)(H,25,26). The summed E-state index contributed by atoms with van der Waals surface area (Å²) in [5.41, 5.74) is 8.50. The second-order valence-electron chi connectivity index (χ2n) is 5.58. The van der Waals surface area contributed by atoms with Crippen molar-refractivity contribution in [1.82, 2.24) is 16.4 Å². The van der Waals surface area contributed by atoms with E-state index in [1.807, 2.05) is 0 Å². The molecule has 0 saturated carbocycles. The van der Waals surface area contributed by atoms with E-state index in [0.717, 1.165) is 6.07 Å². The van der Waals surface area contributed by atoms with Crippen molar-refractivity contribution in [2.45, 2.75) is 12.3 Å². The van der Waals surface area contributed by atoms with Gasteiger partial charge in [-0.15, -0.1) is 0 Å². The minimum atomic E-state index is -1.14. The average Bonchev–Trinajstić information content (AvgIpc) is 3.08. The van der Waals surface area contributed by atoms with E-state index < -0.39 is 30.0 Å². The first-order valence-electron chi connectivity index (χ1n) is 7.74. The molecule has 1 saturated heterocycles. The zero-order chi connectivity index (χ0) is 19.4. The Labute approximate surface area is 152 Å². The summed E-state index contributed by atoms with van der Waals surface area (Å²) < 4.78 is 19.3. The van der Waals surface area contributed by atoms with Crippen molar-refractivity contribution in [1.29, 1.82) is 0 Å². The number of halogens is 1. The second-order valence-corrected chi connectivity index (χ2v) is 5.58. The zero-order valence-corrected chi connectivity index (χ0v) is 13.7. The summed E-state index contributed by atoms with van der Waals surface area (Å²) in [6.45, 7) is 0. The number of carboxylic acids is 2. The number of hydrogen-bond donors (Lipinski definition) is 5. The molecule has 138 valence electrons. The van der Waals surface area contributed by atoms with Gasteiger partial charge in [-0.25, -0.2) is 20.0 Å². The number of rotatable bonds is 4. The van der Waals surface area contributed by atoms with Gasteiger partial charge in [-0.3, -0.25) is 4.79 Å². The highest BCUT2D eigenvalue weighted by molar-refractivity contribution is 5.87. The lowest BCUT2D eigenvalue weighted by atomic mass is 10.1. The molecule has 2 unspecified atom stereocenters. The predicted molar refractivity (Wildman–Crippen MR) is 91.0 cm³/mol. The summed E-state index contributed by atoms with van der Waals surface area (Å²) in [6.07, 6.45) is -0.950. The first kappa shape index (κ1) is 18.3. The van der Waals surface area contributed by atoms with Crippen LogP contribution in [-0.4, -0.2) is 34.4 Å². The molecule has 0 spiro atoms. The van der Waals surface area contributed by atoms with Crippen molar-refractivity contribution in [3.05, 3.63) is 65.0 Å². The highest BCUT2D eigenvalue weighted by atomic mass is 19.1. The molecule has 9 heteroatoms. The molecule has 2 atom stereocenters. The Hall–Kier alpha value is -3.45. The van der Waals surface area contributed by atoms with Crippen molar-refractivity contribution in [2.75, 3.05) is 0 Å². The van der Waals surface area contributed by atoms with Gasteiger partial charge in [-0.1, -0.05) is 11.8 Å². The molecular weight excluding hydrogens is 357 g/mol. The maximum atomic E-state index is 13.8. The van der Waals surface area contributed by atoms with Gasteiger partial charge in [0, 0.05) is 17.2 Å². The van der Waals surface area contributed by atoms with E-state index in [1.54, 1.807) is 12.1 Å². The lowest BCUT2D eigenvalue weighted by Crippen LogP contribution is -2.44. The van der Waals surface area contributed by atoms with Crippen LogP contribution in [-0.2, 0) is 4.79 Å². The van der Waals surface area contributed by atoms with E-state index in [2.05, 4.69) is 28.2 Å². The molecule has 2 aromatic rings. The molecule has 1 heterocycles.